The Labute approximate surface area is 65.6 Å². The third-order valence-electron chi connectivity index (χ3n) is 1.23. The number of nitrogens with zero attached hydrogens (tertiary/aromatic N) is 2. The van der Waals surface area contributed by atoms with E-state index in [2.05, 4.69) is 9.68 Å². The van der Waals surface area contributed by atoms with E-state index in [1.54, 1.807) is 0 Å². The van der Waals surface area contributed by atoms with Gasteiger partial charge in [-0.05, 0) is 0 Å². The average Bonchev–Trinajstić information content (AvgIpc) is 1.93. The molecular weight excluding hydrogens is 172 g/mol. The van der Waals surface area contributed by atoms with E-state index < -0.39 is 22.4 Å². The van der Waals surface area contributed by atoms with Gasteiger partial charge in [-0.15, -0.1) is 20.2 Å². The molecule has 0 fully saturated rings. The summed E-state index contributed by atoms with van der Waals surface area (Å²) in [6.45, 7) is 0. The Morgan fingerprint density at radius 2 is 1.33 bits per heavy atom. The lowest BCUT2D eigenvalue weighted by molar-refractivity contribution is -0.795. The lowest BCUT2D eigenvalue weighted by Gasteiger charge is -2.24. The average molecular weight is 176 g/mol. The van der Waals surface area contributed by atoms with Crippen LogP contribution in [-0.4, -0.2) is 22.4 Å². The molecular formula is C4H4N2O6. The van der Waals surface area contributed by atoms with Crippen molar-refractivity contribution in [2.45, 2.75) is 12.2 Å². The first kappa shape index (κ1) is 8.24. The summed E-state index contributed by atoms with van der Waals surface area (Å²) in [5, 5.41) is 17.5. The standard InChI is InChI=1S/C4H4N2O6/c7-5(8)11-3-1-2-4(3)12-6(9)10/h1-4H/t3-,4-/m1/s1. The molecule has 0 heterocycles. The molecule has 8 heteroatoms. The summed E-state index contributed by atoms with van der Waals surface area (Å²) in [4.78, 5) is 27.5. The van der Waals surface area contributed by atoms with Crippen LogP contribution in [0.2, 0.25) is 0 Å². The van der Waals surface area contributed by atoms with Crippen LogP contribution >= 0.6 is 0 Å². The van der Waals surface area contributed by atoms with E-state index in [9.17, 15) is 20.2 Å². The van der Waals surface area contributed by atoms with Crippen molar-refractivity contribution < 1.29 is 19.8 Å². The molecule has 0 spiro atoms. The van der Waals surface area contributed by atoms with Gasteiger partial charge in [-0.1, -0.05) is 12.2 Å². The lowest BCUT2D eigenvalue weighted by atomic mass is 10.0. The molecule has 0 radical (unpaired) electrons. The van der Waals surface area contributed by atoms with Gasteiger partial charge in [0.15, 0.2) is 12.2 Å². The summed E-state index contributed by atoms with van der Waals surface area (Å²) in [6, 6.07) is 0. The van der Waals surface area contributed by atoms with E-state index in [0.29, 0.717) is 0 Å². The highest BCUT2D eigenvalue weighted by molar-refractivity contribution is 5.12. The third-order valence-corrected chi connectivity index (χ3v) is 1.23. The molecule has 1 rings (SSSR count). The first-order chi connectivity index (χ1) is 5.59. The van der Waals surface area contributed by atoms with E-state index in [0.717, 1.165) is 0 Å². The van der Waals surface area contributed by atoms with Crippen molar-refractivity contribution in [2.75, 3.05) is 0 Å². The minimum atomic E-state index is -1.02. The predicted molar refractivity (Wildman–Crippen MR) is 32.9 cm³/mol. The summed E-state index contributed by atoms with van der Waals surface area (Å²) >= 11 is 0. The Bertz CT molecular complexity index is 214. The lowest BCUT2D eigenvalue weighted by Crippen LogP contribution is -2.38. The maximum Gasteiger partial charge on any atom is 0.295 e. The Balaban J connectivity index is 2.36. The Hall–Kier alpha value is -1.86. The van der Waals surface area contributed by atoms with E-state index in [1.807, 2.05) is 0 Å². The van der Waals surface area contributed by atoms with Crippen LogP contribution in [0.25, 0.3) is 0 Å². The number of rotatable bonds is 4. The molecule has 66 valence electrons. The van der Waals surface area contributed by atoms with Crippen LogP contribution < -0.4 is 0 Å². The van der Waals surface area contributed by atoms with E-state index in [4.69, 9.17) is 0 Å². The van der Waals surface area contributed by atoms with Gasteiger partial charge in [-0.2, -0.15) is 0 Å². The van der Waals surface area contributed by atoms with E-state index >= 15 is 0 Å². The van der Waals surface area contributed by atoms with Gasteiger partial charge in [0.2, 0.25) is 0 Å². The summed E-state index contributed by atoms with van der Waals surface area (Å²) in [6.07, 6.45) is 0.671. The maximum atomic E-state index is 9.76. The molecule has 12 heavy (non-hydrogen) atoms. The van der Waals surface area contributed by atoms with Crippen molar-refractivity contribution in [3.63, 3.8) is 0 Å². The van der Waals surface area contributed by atoms with Crippen LogP contribution in [0.1, 0.15) is 0 Å². The maximum absolute atomic E-state index is 9.76. The van der Waals surface area contributed by atoms with Crippen LogP contribution in [-0.2, 0) is 9.68 Å². The molecule has 0 saturated carbocycles. The first-order valence-corrected chi connectivity index (χ1v) is 2.90. The van der Waals surface area contributed by atoms with Crippen LogP contribution in [0, 0.1) is 20.2 Å². The zero-order valence-corrected chi connectivity index (χ0v) is 5.65. The Morgan fingerprint density at radius 1 is 1.00 bits per heavy atom. The van der Waals surface area contributed by atoms with Gasteiger partial charge < -0.3 is 9.68 Å². The largest absolute Gasteiger partial charge is 0.304 e. The Kier molecular flexibility index (Phi) is 2.08. The third kappa shape index (κ3) is 1.81. The van der Waals surface area contributed by atoms with Gasteiger partial charge in [0.05, 0.1) is 0 Å². The summed E-state index contributed by atoms with van der Waals surface area (Å²) in [5.74, 6) is 0. The first-order valence-electron chi connectivity index (χ1n) is 2.90. The fourth-order valence-electron chi connectivity index (χ4n) is 0.682. The highest BCUT2D eigenvalue weighted by Gasteiger charge is 2.30. The van der Waals surface area contributed by atoms with Gasteiger partial charge in [0.25, 0.3) is 10.2 Å². The minimum Gasteiger partial charge on any atom is -0.304 e. The molecule has 0 aromatic heterocycles. The second-order valence-electron chi connectivity index (χ2n) is 1.97. The van der Waals surface area contributed by atoms with E-state index in [1.165, 1.54) is 12.2 Å². The second-order valence-corrected chi connectivity index (χ2v) is 1.97. The molecule has 1 aliphatic rings. The SMILES string of the molecule is O=[N+]([O-])O[C@@H]1C=C[C@H]1O[N+](=O)[O-]. The molecule has 8 nitrogen and oxygen atoms in total. The zero-order chi connectivity index (χ0) is 9.14. The highest BCUT2D eigenvalue weighted by Crippen LogP contribution is 2.17. The smallest absolute Gasteiger partial charge is 0.295 e. The molecule has 0 aliphatic heterocycles. The fourth-order valence-corrected chi connectivity index (χ4v) is 0.682. The number of hydrogen-bond acceptors (Lipinski definition) is 6. The molecule has 0 N–H and O–H groups in total. The predicted octanol–water partition coefficient (Wildman–Crippen LogP) is -0.290. The topological polar surface area (TPSA) is 105 Å². The van der Waals surface area contributed by atoms with Gasteiger partial charge >= 0.3 is 0 Å². The molecule has 0 bridgehead atoms. The zero-order valence-electron chi connectivity index (χ0n) is 5.65. The molecule has 0 unspecified atom stereocenters. The van der Waals surface area contributed by atoms with Crippen LogP contribution in [0.3, 0.4) is 0 Å². The van der Waals surface area contributed by atoms with Gasteiger partial charge in [0, 0.05) is 0 Å². The molecule has 2 atom stereocenters. The summed E-state index contributed by atoms with van der Waals surface area (Å²) in [5.41, 5.74) is 0. The molecule has 0 aromatic carbocycles. The van der Waals surface area contributed by atoms with Crippen molar-refractivity contribution in [1.29, 1.82) is 0 Å². The van der Waals surface area contributed by atoms with Crippen molar-refractivity contribution in [2.24, 2.45) is 0 Å². The highest BCUT2D eigenvalue weighted by atomic mass is 17.0. The van der Waals surface area contributed by atoms with Gasteiger partial charge in [-0.3, -0.25) is 0 Å². The molecule has 0 saturated heterocycles. The quantitative estimate of drug-likeness (QED) is 0.331. The minimum absolute atomic E-state index is 0.967. The van der Waals surface area contributed by atoms with Crippen LogP contribution in [0.15, 0.2) is 12.2 Å². The Morgan fingerprint density at radius 3 is 1.50 bits per heavy atom. The monoisotopic (exact) mass is 176 g/mol. The normalized spacial score (nSPS) is 25.7. The van der Waals surface area contributed by atoms with Crippen molar-refractivity contribution >= 4 is 0 Å². The van der Waals surface area contributed by atoms with Crippen molar-refractivity contribution in [1.82, 2.24) is 0 Å². The second kappa shape index (κ2) is 3.03. The van der Waals surface area contributed by atoms with Crippen LogP contribution in [0.5, 0.6) is 0 Å². The molecule has 1 aliphatic carbocycles. The van der Waals surface area contributed by atoms with Crippen molar-refractivity contribution in [3.05, 3.63) is 32.4 Å². The summed E-state index contributed by atoms with van der Waals surface area (Å²) < 4.78 is 0. The molecule has 0 aromatic rings. The van der Waals surface area contributed by atoms with Crippen LogP contribution in [0.4, 0.5) is 0 Å². The molecule has 0 amide bonds. The van der Waals surface area contributed by atoms with Crippen molar-refractivity contribution in [3.8, 4) is 0 Å². The van der Waals surface area contributed by atoms with Gasteiger partial charge in [-0.25, -0.2) is 0 Å². The summed E-state index contributed by atoms with van der Waals surface area (Å²) in [7, 11) is 0. The van der Waals surface area contributed by atoms with Gasteiger partial charge in [0.1, 0.15) is 0 Å². The number of hydrogen-bond donors (Lipinski definition) is 0. The fraction of sp³-hybridized carbons (Fsp3) is 0.500. The van der Waals surface area contributed by atoms with E-state index in [-0.39, 0.29) is 0 Å².